The molecule has 1 N–H and O–H groups in total. The molecule has 0 atom stereocenters. The molecule has 0 bridgehead atoms. The van der Waals surface area contributed by atoms with Gasteiger partial charge in [-0.25, -0.2) is 0 Å². The molecule has 98 valence electrons. The fourth-order valence-corrected chi connectivity index (χ4v) is 2.36. The maximum absolute atomic E-state index is 12.1. The van der Waals surface area contributed by atoms with Crippen LogP contribution in [0.15, 0.2) is 46.9 Å². The number of halogens is 2. The van der Waals surface area contributed by atoms with Gasteiger partial charge in [-0.2, -0.15) is 0 Å². The predicted molar refractivity (Wildman–Crippen MR) is 81.5 cm³/mol. The number of benzene rings is 2. The van der Waals surface area contributed by atoms with Gasteiger partial charge >= 0.3 is 0 Å². The molecule has 2 nitrogen and oxygen atoms in total. The van der Waals surface area contributed by atoms with Crippen molar-refractivity contribution in [2.75, 3.05) is 0 Å². The lowest BCUT2D eigenvalue weighted by molar-refractivity contribution is 0.0950. The van der Waals surface area contributed by atoms with Crippen LogP contribution in [0.25, 0.3) is 0 Å². The van der Waals surface area contributed by atoms with Crippen LogP contribution in [0.5, 0.6) is 0 Å². The van der Waals surface area contributed by atoms with Crippen LogP contribution in [0.1, 0.15) is 21.5 Å². The van der Waals surface area contributed by atoms with E-state index in [2.05, 4.69) is 21.2 Å². The molecule has 0 heterocycles. The molecule has 0 spiro atoms. The average Bonchev–Trinajstić information content (AvgIpc) is 2.39. The van der Waals surface area contributed by atoms with Crippen LogP contribution in [0.4, 0.5) is 0 Å². The highest BCUT2D eigenvalue weighted by atomic mass is 79.9. The van der Waals surface area contributed by atoms with Gasteiger partial charge in [0.2, 0.25) is 0 Å². The molecule has 19 heavy (non-hydrogen) atoms. The number of hydrogen-bond donors (Lipinski definition) is 1. The predicted octanol–water partition coefficient (Wildman–Crippen LogP) is 4.34. The van der Waals surface area contributed by atoms with Gasteiger partial charge in [0.1, 0.15) is 0 Å². The third-order valence-electron chi connectivity index (χ3n) is 2.85. The summed E-state index contributed by atoms with van der Waals surface area (Å²) in [6.45, 7) is 2.38. The fraction of sp³-hybridized carbons (Fsp3) is 0.133. The van der Waals surface area contributed by atoms with Crippen LogP contribution in [-0.2, 0) is 6.54 Å². The topological polar surface area (TPSA) is 29.1 Å². The number of rotatable bonds is 3. The average molecular weight is 339 g/mol. The van der Waals surface area contributed by atoms with E-state index >= 15 is 0 Å². The second-order valence-electron chi connectivity index (χ2n) is 4.22. The van der Waals surface area contributed by atoms with Gasteiger partial charge in [0.25, 0.3) is 5.91 Å². The summed E-state index contributed by atoms with van der Waals surface area (Å²) in [5.74, 6) is -0.0845. The van der Waals surface area contributed by atoms with Gasteiger partial charge in [-0.1, -0.05) is 45.7 Å². The first-order valence-corrected chi connectivity index (χ1v) is 7.03. The standard InChI is InChI=1S/C15H13BrClNO/c1-10-13(6-3-7-14(10)16)15(19)18-9-11-4-2-5-12(17)8-11/h2-8H,9H2,1H3,(H,18,19). The third kappa shape index (κ3) is 3.58. The molecule has 0 aromatic heterocycles. The summed E-state index contributed by atoms with van der Waals surface area (Å²) in [5.41, 5.74) is 2.59. The first-order valence-electron chi connectivity index (χ1n) is 5.85. The molecule has 4 heteroatoms. The van der Waals surface area contributed by atoms with Gasteiger partial charge in [0, 0.05) is 21.6 Å². The first-order chi connectivity index (χ1) is 9.08. The molecule has 1 amide bonds. The Labute approximate surface area is 125 Å². The molecule has 0 aliphatic heterocycles. The third-order valence-corrected chi connectivity index (χ3v) is 3.95. The van der Waals surface area contributed by atoms with Crippen molar-refractivity contribution in [1.82, 2.24) is 5.32 Å². The Bertz CT molecular complexity index is 613. The monoisotopic (exact) mass is 337 g/mol. The van der Waals surface area contributed by atoms with Crippen molar-refractivity contribution in [2.24, 2.45) is 0 Å². The van der Waals surface area contributed by atoms with Gasteiger partial charge in [0.05, 0.1) is 0 Å². The van der Waals surface area contributed by atoms with E-state index in [4.69, 9.17) is 11.6 Å². The summed E-state index contributed by atoms with van der Waals surface area (Å²) in [4.78, 5) is 12.1. The summed E-state index contributed by atoms with van der Waals surface area (Å²) >= 11 is 9.33. The minimum Gasteiger partial charge on any atom is -0.348 e. The Kier molecular flexibility index (Phi) is 4.61. The molecular weight excluding hydrogens is 326 g/mol. The van der Waals surface area contributed by atoms with E-state index in [-0.39, 0.29) is 5.91 Å². The van der Waals surface area contributed by atoms with E-state index in [1.54, 1.807) is 0 Å². The lowest BCUT2D eigenvalue weighted by Crippen LogP contribution is -2.23. The van der Waals surface area contributed by atoms with Crippen molar-refractivity contribution in [3.05, 3.63) is 68.7 Å². The first kappa shape index (κ1) is 14.1. The molecule has 0 saturated heterocycles. The zero-order valence-corrected chi connectivity index (χ0v) is 12.8. The lowest BCUT2D eigenvalue weighted by Gasteiger charge is -2.09. The zero-order chi connectivity index (χ0) is 13.8. The number of nitrogens with one attached hydrogen (secondary N) is 1. The van der Waals surface area contributed by atoms with Crippen LogP contribution in [0.2, 0.25) is 5.02 Å². The SMILES string of the molecule is Cc1c(Br)cccc1C(=O)NCc1cccc(Cl)c1. The highest BCUT2D eigenvalue weighted by Crippen LogP contribution is 2.19. The van der Waals surface area contributed by atoms with E-state index in [1.165, 1.54) is 0 Å². The minimum absolute atomic E-state index is 0.0845. The highest BCUT2D eigenvalue weighted by Gasteiger charge is 2.10. The van der Waals surface area contributed by atoms with Crippen LogP contribution in [0.3, 0.4) is 0 Å². The molecule has 0 fully saturated rings. The van der Waals surface area contributed by atoms with Crippen molar-refractivity contribution in [3.63, 3.8) is 0 Å². The van der Waals surface area contributed by atoms with E-state index < -0.39 is 0 Å². The van der Waals surface area contributed by atoms with Crippen molar-refractivity contribution >= 4 is 33.4 Å². The smallest absolute Gasteiger partial charge is 0.251 e. The van der Waals surface area contributed by atoms with Crippen LogP contribution in [0, 0.1) is 6.92 Å². The fourth-order valence-electron chi connectivity index (χ4n) is 1.78. The Morgan fingerprint density at radius 3 is 2.74 bits per heavy atom. The second kappa shape index (κ2) is 6.22. The minimum atomic E-state index is -0.0845. The Morgan fingerprint density at radius 2 is 2.00 bits per heavy atom. The maximum Gasteiger partial charge on any atom is 0.251 e. The van der Waals surface area contributed by atoms with Crippen molar-refractivity contribution in [1.29, 1.82) is 0 Å². The quantitative estimate of drug-likeness (QED) is 0.886. The second-order valence-corrected chi connectivity index (χ2v) is 5.52. The molecule has 0 aliphatic rings. The zero-order valence-electron chi connectivity index (χ0n) is 10.4. The molecular formula is C15H13BrClNO. The van der Waals surface area contributed by atoms with E-state index in [1.807, 2.05) is 49.4 Å². The Morgan fingerprint density at radius 1 is 1.26 bits per heavy atom. The number of carbonyl (C=O) groups is 1. The molecule has 0 saturated carbocycles. The molecule has 2 aromatic rings. The summed E-state index contributed by atoms with van der Waals surface area (Å²) in [6, 6.07) is 13.0. The van der Waals surface area contributed by atoms with Crippen LogP contribution < -0.4 is 5.32 Å². The van der Waals surface area contributed by atoms with Gasteiger partial charge in [-0.3, -0.25) is 4.79 Å². The normalized spacial score (nSPS) is 10.3. The molecule has 2 rings (SSSR count). The van der Waals surface area contributed by atoms with E-state index in [0.717, 1.165) is 15.6 Å². The van der Waals surface area contributed by atoms with Gasteiger partial charge in [-0.05, 0) is 42.3 Å². The number of carbonyl (C=O) groups excluding carboxylic acids is 1. The van der Waals surface area contributed by atoms with Crippen molar-refractivity contribution in [2.45, 2.75) is 13.5 Å². The van der Waals surface area contributed by atoms with Crippen LogP contribution >= 0.6 is 27.5 Å². The lowest BCUT2D eigenvalue weighted by atomic mass is 10.1. The van der Waals surface area contributed by atoms with Gasteiger partial charge in [-0.15, -0.1) is 0 Å². The van der Waals surface area contributed by atoms with Gasteiger partial charge in [0.15, 0.2) is 0 Å². The van der Waals surface area contributed by atoms with Crippen molar-refractivity contribution in [3.8, 4) is 0 Å². The van der Waals surface area contributed by atoms with Crippen molar-refractivity contribution < 1.29 is 4.79 Å². The highest BCUT2D eigenvalue weighted by molar-refractivity contribution is 9.10. The van der Waals surface area contributed by atoms with Crippen LogP contribution in [-0.4, -0.2) is 5.91 Å². The summed E-state index contributed by atoms with van der Waals surface area (Å²) < 4.78 is 0.933. The summed E-state index contributed by atoms with van der Waals surface area (Å²) in [6.07, 6.45) is 0. The molecule has 2 aromatic carbocycles. The number of hydrogen-bond acceptors (Lipinski definition) is 1. The van der Waals surface area contributed by atoms with E-state index in [9.17, 15) is 4.79 Å². The van der Waals surface area contributed by atoms with Gasteiger partial charge < -0.3 is 5.32 Å². The summed E-state index contributed by atoms with van der Waals surface area (Å²) in [5, 5.41) is 3.56. The molecule has 0 unspecified atom stereocenters. The molecule has 0 aliphatic carbocycles. The van der Waals surface area contributed by atoms with E-state index in [0.29, 0.717) is 17.1 Å². The maximum atomic E-state index is 12.1. The largest absolute Gasteiger partial charge is 0.348 e. The number of amides is 1. The Balaban J connectivity index is 2.08. The summed E-state index contributed by atoms with van der Waals surface area (Å²) in [7, 11) is 0. The Hall–Kier alpha value is -1.32. The molecule has 0 radical (unpaired) electrons.